The molecule has 0 aromatic heterocycles. The van der Waals surface area contributed by atoms with E-state index in [1.165, 1.54) is 5.56 Å². The van der Waals surface area contributed by atoms with Crippen molar-refractivity contribution in [1.29, 1.82) is 0 Å². The predicted molar refractivity (Wildman–Crippen MR) is 63.9 cm³/mol. The maximum atomic E-state index is 9.07. The second-order valence-corrected chi connectivity index (χ2v) is 4.73. The van der Waals surface area contributed by atoms with Crippen molar-refractivity contribution in [1.82, 2.24) is 5.32 Å². The molecule has 0 amide bonds. The Morgan fingerprint density at radius 2 is 1.87 bits per heavy atom. The van der Waals surface area contributed by atoms with Crippen molar-refractivity contribution in [3.63, 3.8) is 0 Å². The fourth-order valence-corrected chi connectivity index (χ4v) is 1.36. The molecule has 0 radical (unpaired) electrons. The average Bonchev–Trinajstić information content (AvgIpc) is 2.26. The van der Waals surface area contributed by atoms with E-state index in [-0.39, 0.29) is 12.0 Å². The molecular weight excluding hydrogens is 186 g/mol. The van der Waals surface area contributed by atoms with Crippen molar-refractivity contribution < 1.29 is 5.11 Å². The van der Waals surface area contributed by atoms with Gasteiger partial charge in [0.25, 0.3) is 0 Å². The zero-order valence-electron chi connectivity index (χ0n) is 9.66. The highest BCUT2D eigenvalue weighted by molar-refractivity contribution is 5.14. The Balaban J connectivity index is 2.18. The standard InChI is InChI=1S/C13H21NO/c1-13(2,11-15)10-14-9-8-12-6-4-3-5-7-12/h3-7,14-15H,8-11H2,1-2H3. The summed E-state index contributed by atoms with van der Waals surface area (Å²) in [6.07, 6.45) is 1.04. The third-order valence-electron chi connectivity index (χ3n) is 2.46. The highest BCUT2D eigenvalue weighted by Crippen LogP contribution is 2.11. The molecule has 1 aromatic carbocycles. The molecule has 0 aliphatic heterocycles. The molecule has 0 unspecified atom stereocenters. The molecule has 0 heterocycles. The Bertz CT molecular complexity index is 269. The highest BCUT2D eigenvalue weighted by atomic mass is 16.3. The summed E-state index contributed by atoms with van der Waals surface area (Å²) in [6.45, 7) is 6.17. The molecule has 1 aromatic rings. The highest BCUT2D eigenvalue weighted by Gasteiger charge is 2.14. The van der Waals surface area contributed by atoms with Crippen molar-refractivity contribution in [3.05, 3.63) is 35.9 Å². The van der Waals surface area contributed by atoms with Crippen LogP contribution in [0.4, 0.5) is 0 Å². The van der Waals surface area contributed by atoms with Crippen LogP contribution in [-0.4, -0.2) is 24.8 Å². The zero-order chi connectivity index (χ0) is 11.1. The van der Waals surface area contributed by atoms with Gasteiger partial charge in [0.15, 0.2) is 0 Å². The SMILES string of the molecule is CC(C)(CO)CNCCc1ccccc1. The van der Waals surface area contributed by atoms with E-state index in [9.17, 15) is 0 Å². The molecule has 0 spiro atoms. The Morgan fingerprint density at radius 3 is 2.47 bits per heavy atom. The molecule has 0 bridgehead atoms. The number of aliphatic hydroxyl groups is 1. The van der Waals surface area contributed by atoms with Crippen LogP contribution in [0, 0.1) is 5.41 Å². The first-order chi connectivity index (χ1) is 7.14. The van der Waals surface area contributed by atoms with Gasteiger partial charge in [-0.2, -0.15) is 0 Å². The van der Waals surface area contributed by atoms with Crippen LogP contribution in [0.1, 0.15) is 19.4 Å². The summed E-state index contributed by atoms with van der Waals surface area (Å²) in [4.78, 5) is 0. The number of nitrogens with one attached hydrogen (secondary N) is 1. The Morgan fingerprint density at radius 1 is 1.20 bits per heavy atom. The van der Waals surface area contributed by atoms with E-state index in [2.05, 4.69) is 43.4 Å². The van der Waals surface area contributed by atoms with Crippen LogP contribution in [-0.2, 0) is 6.42 Å². The summed E-state index contributed by atoms with van der Waals surface area (Å²) in [5.74, 6) is 0. The molecule has 15 heavy (non-hydrogen) atoms. The molecule has 0 saturated heterocycles. The summed E-state index contributed by atoms with van der Waals surface area (Å²) < 4.78 is 0. The number of hydrogen-bond donors (Lipinski definition) is 2. The topological polar surface area (TPSA) is 32.3 Å². The molecule has 1 rings (SSSR count). The Labute approximate surface area is 92.3 Å². The minimum Gasteiger partial charge on any atom is -0.396 e. The lowest BCUT2D eigenvalue weighted by Crippen LogP contribution is -2.33. The molecule has 0 fully saturated rings. The molecule has 0 aliphatic carbocycles. The summed E-state index contributed by atoms with van der Waals surface area (Å²) in [6, 6.07) is 10.4. The third kappa shape index (κ3) is 4.96. The summed E-state index contributed by atoms with van der Waals surface area (Å²) in [5, 5.41) is 12.4. The summed E-state index contributed by atoms with van der Waals surface area (Å²) in [7, 11) is 0. The van der Waals surface area contributed by atoms with Gasteiger partial charge in [0.2, 0.25) is 0 Å². The molecule has 0 saturated carbocycles. The molecule has 2 heteroatoms. The normalized spacial score (nSPS) is 11.7. The number of hydrogen-bond acceptors (Lipinski definition) is 2. The van der Waals surface area contributed by atoms with Crippen molar-refractivity contribution in [2.75, 3.05) is 19.7 Å². The third-order valence-corrected chi connectivity index (χ3v) is 2.46. The van der Waals surface area contributed by atoms with E-state index in [1.54, 1.807) is 0 Å². The van der Waals surface area contributed by atoms with E-state index < -0.39 is 0 Å². The van der Waals surface area contributed by atoms with Crippen molar-refractivity contribution in [3.8, 4) is 0 Å². The van der Waals surface area contributed by atoms with Gasteiger partial charge in [-0.3, -0.25) is 0 Å². The fourth-order valence-electron chi connectivity index (χ4n) is 1.36. The minimum atomic E-state index is -0.0172. The van der Waals surface area contributed by atoms with Gasteiger partial charge in [0, 0.05) is 18.6 Å². The summed E-state index contributed by atoms with van der Waals surface area (Å²) >= 11 is 0. The number of rotatable bonds is 6. The van der Waals surface area contributed by atoms with Crippen molar-refractivity contribution in [2.45, 2.75) is 20.3 Å². The molecule has 2 nitrogen and oxygen atoms in total. The Kier molecular flexibility index (Phi) is 4.79. The second-order valence-electron chi connectivity index (χ2n) is 4.73. The molecule has 0 atom stereocenters. The maximum Gasteiger partial charge on any atom is 0.0494 e. The van der Waals surface area contributed by atoms with Gasteiger partial charge in [-0.05, 0) is 18.5 Å². The van der Waals surface area contributed by atoms with Gasteiger partial charge < -0.3 is 10.4 Å². The van der Waals surface area contributed by atoms with Crippen LogP contribution in [0.15, 0.2) is 30.3 Å². The smallest absolute Gasteiger partial charge is 0.0494 e. The molecule has 84 valence electrons. The summed E-state index contributed by atoms with van der Waals surface area (Å²) in [5.41, 5.74) is 1.34. The first kappa shape index (κ1) is 12.2. The van der Waals surface area contributed by atoms with Crippen LogP contribution in [0.5, 0.6) is 0 Å². The lowest BCUT2D eigenvalue weighted by Gasteiger charge is -2.21. The van der Waals surface area contributed by atoms with Gasteiger partial charge >= 0.3 is 0 Å². The van der Waals surface area contributed by atoms with Gasteiger partial charge in [0.1, 0.15) is 0 Å². The maximum absolute atomic E-state index is 9.07. The average molecular weight is 207 g/mol. The van der Waals surface area contributed by atoms with E-state index in [0.717, 1.165) is 19.5 Å². The van der Waals surface area contributed by atoms with E-state index in [0.29, 0.717) is 0 Å². The second kappa shape index (κ2) is 5.89. The predicted octanol–water partition coefficient (Wildman–Crippen LogP) is 1.84. The first-order valence-corrected chi connectivity index (χ1v) is 5.49. The van der Waals surface area contributed by atoms with Crippen molar-refractivity contribution in [2.24, 2.45) is 5.41 Å². The number of aliphatic hydroxyl groups excluding tert-OH is 1. The molecule has 0 aliphatic rings. The largest absolute Gasteiger partial charge is 0.396 e. The Hall–Kier alpha value is -0.860. The monoisotopic (exact) mass is 207 g/mol. The van der Waals surface area contributed by atoms with Crippen LogP contribution < -0.4 is 5.32 Å². The first-order valence-electron chi connectivity index (χ1n) is 5.49. The minimum absolute atomic E-state index is 0.0172. The van der Waals surface area contributed by atoms with Gasteiger partial charge in [-0.1, -0.05) is 44.2 Å². The van der Waals surface area contributed by atoms with Gasteiger partial charge in [-0.15, -0.1) is 0 Å². The van der Waals surface area contributed by atoms with Crippen LogP contribution in [0.3, 0.4) is 0 Å². The van der Waals surface area contributed by atoms with Gasteiger partial charge in [-0.25, -0.2) is 0 Å². The van der Waals surface area contributed by atoms with Crippen LogP contribution in [0.2, 0.25) is 0 Å². The van der Waals surface area contributed by atoms with E-state index >= 15 is 0 Å². The van der Waals surface area contributed by atoms with Crippen molar-refractivity contribution >= 4 is 0 Å². The number of benzene rings is 1. The molecule has 2 N–H and O–H groups in total. The molecular formula is C13H21NO. The lowest BCUT2D eigenvalue weighted by atomic mass is 9.95. The zero-order valence-corrected chi connectivity index (χ0v) is 9.66. The van der Waals surface area contributed by atoms with Gasteiger partial charge in [0.05, 0.1) is 0 Å². The van der Waals surface area contributed by atoms with Crippen LogP contribution >= 0.6 is 0 Å². The quantitative estimate of drug-likeness (QED) is 0.698. The fraction of sp³-hybridized carbons (Fsp3) is 0.538. The van der Waals surface area contributed by atoms with E-state index in [4.69, 9.17) is 5.11 Å². The lowest BCUT2D eigenvalue weighted by molar-refractivity contribution is 0.157. The van der Waals surface area contributed by atoms with E-state index in [1.807, 2.05) is 6.07 Å². The van der Waals surface area contributed by atoms with Crippen LogP contribution in [0.25, 0.3) is 0 Å².